The molecule has 1 rings (SSSR count). The monoisotopic (exact) mass is 340 g/mol. The predicted molar refractivity (Wildman–Crippen MR) is 82.0 cm³/mol. The third-order valence-electron chi connectivity index (χ3n) is 2.56. The highest BCUT2D eigenvalue weighted by Gasteiger charge is 2.52. The fourth-order valence-corrected chi connectivity index (χ4v) is 4.20. The Hall–Kier alpha value is -2.19. The van der Waals surface area contributed by atoms with E-state index in [0.29, 0.717) is 12.2 Å². The Bertz CT molecular complexity index is 528. The molecule has 0 spiro atoms. The molecule has 0 bridgehead atoms. The Labute approximate surface area is 135 Å². The Kier molecular flexibility index (Phi) is 7.43. The highest BCUT2D eigenvalue weighted by molar-refractivity contribution is 6.65. The van der Waals surface area contributed by atoms with Gasteiger partial charge in [0.1, 0.15) is 6.61 Å². The van der Waals surface area contributed by atoms with E-state index in [2.05, 4.69) is 0 Å². The minimum absolute atomic E-state index is 0.00483. The van der Waals surface area contributed by atoms with Gasteiger partial charge in [0.05, 0.1) is 6.04 Å². The number of carbonyl (C=O) groups is 3. The van der Waals surface area contributed by atoms with Crippen molar-refractivity contribution in [2.75, 3.05) is 13.2 Å². The lowest BCUT2D eigenvalue weighted by Gasteiger charge is -2.26. The molecule has 126 valence electrons. The van der Waals surface area contributed by atoms with E-state index in [1.54, 1.807) is 31.2 Å². The SMILES string of the molecule is CCOCC(=O)O[Si](Cc1ccccc1)(OC(C)=O)OC(C)=O. The van der Waals surface area contributed by atoms with Gasteiger partial charge < -0.3 is 18.0 Å². The first-order chi connectivity index (χ1) is 10.9. The van der Waals surface area contributed by atoms with Crippen LogP contribution in [-0.4, -0.2) is 39.9 Å². The van der Waals surface area contributed by atoms with Crippen LogP contribution in [0.25, 0.3) is 0 Å². The third-order valence-corrected chi connectivity index (χ3v) is 5.13. The summed E-state index contributed by atoms with van der Waals surface area (Å²) in [4.78, 5) is 34.7. The maximum atomic E-state index is 11.9. The summed E-state index contributed by atoms with van der Waals surface area (Å²) in [7, 11) is -3.90. The highest BCUT2D eigenvalue weighted by atomic mass is 28.4. The Balaban J connectivity index is 3.04. The quantitative estimate of drug-likeness (QED) is 0.661. The molecule has 0 aliphatic rings. The van der Waals surface area contributed by atoms with Gasteiger partial charge in [0.25, 0.3) is 11.9 Å². The fraction of sp³-hybridized carbons (Fsp3) is 0.400. The van der Waals surface area contributed by atoms with Crippen LogP contribution >= 0.6 is 0 Å². The second-order valence-electron chi connectivity index (χ2n) is 4.64. The van der Waals surface area contributed by atoms with Gasteiger partial charge in [-0.2, -0.15) is 0 Å². The summed E-state index contributed by atoms with van der Waals surface area (Å²) in [5, 5.41) is 0. The zero-order valence-corrected chi connectivity index (χ0v) is 14.4. The first-order valence-corrected chi connectivity index (χ1v) is 9.02. The van der Waals surface area contributed by atoms with Gasteiger partial charge in [-0.05, 0) is 12.5 Å². The minimum Gasteiger partial charge on any atom is -0.455 e. The first-order valence-electron chi connectivity index (χ1n) is 7.09. The molecule has 0 amide bonds. The smallest absolute Gasteiger partial charge is 0.455 e. The standard InChI is InChI=1S/C15H20O7Si/c1-4-19-10-15(18)22-23(20-12(2)16,21-13(3)17)11-14-8-6-5-7-9-14/h5-9H,4,10-11H2,1-3H3. The molecule has 23 heavy (non-hydrogen) atoms. The van der Waals surface area contributed by atoms with Crippen LogP contribution < -0.4 is 0 Å². The van der Waals surface area contributed by atoms with Crippen molar-refractivity contribution >= 4 is 26.7 Å². The molecule has 0 saturated carbocycles. The molecule has 0 unspecified atom stereocenters. The van der Waals surface area contributed by atoms with Crippen LogP contribution in [0.1, 0.15) is 26.3 Å². The Morgan fingerprint density at radius 1 is 0.957 bits per heavy atom. The van der Waals surface area contributed by atoms with Gasteiger partial charge in [-0.3, -0.25) is 14.4 Å². The molecule has 8 heteroatoms. The average molecular weight is 340 g/mol. The van der Waals surface area contributed by atoms with Crippen LogP contribution in [0.2, 0.25) is 0 Å². The lowest BCUT2D eigenvalue weighted by atomic mass is 10.2. The zero-order chi connectivity index (χ0) is 17.3. The van der Waals surface area contributed by atoms with Gasteiger partial charge in [-0.1, -0.05) is 30.3 Å². The molecule has 7 nitrogen and oxygen atoms in total. The Morgan fingerprint density at radius 2 is 1.52 bits per heavy atom. The molecular weight excluding hydrogens is 320 g/mol. The van der Waals surface area contributed by atoms with Gasteiger partial charge in [0.15, 0.2) is 0 Å². The van der Waals surface area contributed by atoms with Crippen molar-refractivity contribution < 1.29 is 32.4 Å². The van der Waals surface area contributed by atoms with Crippen molar-refractivity contribution in [1.82, 2.24) is 0 Å². The third kappa shape index (κ3) is 7.07. The molecule has 0 aliphatic carbocycles. The van der Waals surface area contributed by atoms with Crippen LogP contribution in [0.15, 0.2) is 30.3 Å². The van der Waals surface area contributed by atoms with E-state index in [0.717, 1.165) is 13.8 Å². The summed E-state index contributed by atoms with van der Waals surface area (Å²) < 4.78 is 20.5. The van der Waals surface area contributed by atoms with Crippen molar-refractivity contribution in [2.24, 2.45) is 0 Å². The second kappa shape index (κ2) is 9.06. The highest BCUT2D eigenvalue weighted by Crippen LogP contribution is 2.18. The van der Waals surface area contributed by atoms with Crippen molar-refractivity contribution in [3.63, 3.8) is 0 Å². The molecule has 1 aromatic carbocycles. The second-order valence-corrected chi connectivity index (χ2v) is 6.98. The van der Waals surface area contributed by atoms with Crippen LogP contribution in [0, 0.1) is 0 Å². The van der Waals surface area contributed by atoms with Crippen LogP contribution in [0.3, 0.4) is 0 Å². The van der Waals surface area contributed by atoms with Gasteiger partial charge in [-0.15, -0.1) is 0 Å². The topological polar surface area (TPSA) is 88.1 Å². The van der Waals surface area contributed by atoms with Gasteiger partial charge in [0.2, 0.25) is 0 Å². The molecule has 0 aromatic heterocycles. The van der Waals surface area contributed by atoms with Crippen LogP contribution in [0.4, 0.5) is 0 Å². The minimum atomic E-state index is -3.90. The number of ether oxygens (including phenoxy) is 1. The molecular formula is C15H20O7Si. The van der Waals surface area contributed by atoms with E-state index in [9.17, 15) is 14.4 Å². The molecule has 0 fully saturated rings. The Morgan fingerprint density at radius 3 is 2.00 bits per heavy atom. The van der Waals surface area contributed by atoms with E-state index in [1.807, 2.05) is 6.07 Å². The van der Waals surface area contributed by atoms with E-state index >= 15 is 0 Å². The summed E-state index contributed by atoms with van der Waals surface area (Å²) >= 11 is 0. The normalized spacial score (nSPS) is 10.7. The summed E-state index contributed by atoms with van der Waals surface area (Å²) in [6, 6.07) is 8.88. The molecule has 0 aliphatic heterocycles. The average Bonchev–Trinajstić information content (AvgIpc) is 2.44. The van der Waals surface area contributed by atoms with Gasteiger partial charge >= 0.3 is 14.8 Å². The van der Waals surface area contributed by atoms with Crippen LogP contribution in [-0.2, 0) is 38.4 Å². The zero-order valence-electron chi connectivity index (χ0n) is 13.4. The number of hydrogen-bond donors (Lipinski definition) is 0. The van der Waals surface area contributed by atoms with Gasteiger partial charge in [0, 0.05) is 20.5 Å². The van der Waals surface area contributed by atoms with Crippen molar-refractivity contribution in [3.8, 4) is 0 Å². The molecule has 0 radical (unpaired) electrons. The van der Waals surface area contributed by atoms with E-state index in [-0.39, 0.29) is 12.7 Å². The number of hydrogen-bond acceptors (Lipinski definition) is 7. The first kappa shape index (κ1) is 18.9. The number of rotatable bonds is 8. The summed E-state index contributed by atoms with van der Waals surface area (Å²) in [5.41, 5.74) is 0.714. The summed E-state index contributed by atoms with van der Waals surface area (Å²) in [6.45, 7) is 4.05. The number of carbonyl (C=O) groups excluding carboxylic acids is 3. The lowest BCUT2D eigenvalue weighted by molar-refractivity contribution is -0.151. The largest absolute Gasteiger partial charge is 0.709 e. The van der Waals surface area contributed by atoms with Crippen molar-refractivity contribution in [2.45, 2.75) is 26.8 Å². The molecule has 0 atom stereocenters. The molecule has 0 heterocycles. The van der Waals surface area contributed by atoms with Crippen molar-refractivity contribution in [1.29, 1.82) is 0 Å². The summed E-state index contributed by atoms with van der Waals surface area (Å²) in [5.74, 6) is -2.15. The molecule has 1 aromatic rings. The van der Waals surface area contributed by atoms with Crippen molar-refractivity contribution in [3.05, 3.63) is 35.9 Å². The number of benzene rings is 1. The predicted octanol–water partition coefficient (Wildman–Crippen LogP) is 1.41. The lowest BCUT2D eigenvalue weighted by Crippen LogP contribution is -2.52. The summed E-state index contributed by atoms with van der Waals surface area (Å²) in [6.07, 6.45) is 0. The maximum absolute atomic E-state index is 11.9. The van der Waals surface area contributed by atoms with E-state index < -0.39 is 26.7 Å². The van der Waals surface area contributed by atoms with Gasteiger partial charge in [-0.25, -0.2) is 0 Å². The molecule has 0 saturated heterocycles. The maximum Gasteiger partial charge on any atom is 0.709 e. The van der Waals surface area contributed by atoms with Crippen LogP contribution in [0.5, 0.6) is 0 Å². The molecule has 0 N–H and O–H groups in total. The van der Waals surface area contributed by atoms with E-state index in [1.165, 1.54) is 0 Å². The fourth-order valence-electron chi connectivity index (χ4n) is 1.84. The van der Waals surface area contributed by atoms with E-state index in [4.69, 9.17) is 18.0 Å².